The quantitative estimate of drug-likeness (QED) is 0.695. The summed E-state index contributed by atoms with van der Waals surface area (Å²) in [6, 6.07) is -0.102. The SMILES string of the molecule is CCC([C]=O)N(C(C)(C)C)C(C)(C)C. The van der Waals surface area contributed by atoms with E-state index in [1.54, 1.807) is 0 Å². The number of rotatable bonds is 3. The van der Waals surface area contributed by atoms with Gasteiger partial charge in [-0.2, -0.15) is 0 Å². The highest BCUT2D eigenvalue weighted by Crippen LogP contribution is 2.27. The van der Waals surface area contributed by atoms with Gasteiger partial charge in [-0.3, -0.25) is 9.69 Å². The zero-order valence-electron chi connectivity index (χ0n) is 10.6. The van der Waals surface area contributed by atoms with Gasteiger partial charge in [-0.05, 0) is 48.0 Å². The highest BCUT2D eigenvalue weighted by molar-refractivity contribution is 5.58. The van der Waals surface area contributed by atoms with Crippen LogP contribution in [0, 0.1) is 0 Å². The molecule has 14 heavy (non-hydrogen) atoms. The molecule has 83 valence electrons. The molecule has 1 radical (unpaired) electrons. The van der Waals surface area contributed by atoms with Crippen molar-refractivity contribution in [3.05, 3.63) is 0 Å². The predicted molar refractivity (Wildman–Crippen MR) is 61.1 cm³/mol. The molecule has 0 rings (SSSR count). The Morgan fingerprint density at radius 2 is 1.43 bits per heavy atom. The minimum absolute atomic E-state index is 0.00363. The summed E-state index contributed by atoms with van der Waals surface area (Å²) in [4.78, 5) is 13.1. The first-order valence-corrected chi connectivity index (χ1v) is 5.31. The number of nitrogens with zero attached hydrogens (tertiary/aromatic N) is 1. The summed E-state index contributed by atoms with van der Waals surface area (Å²) in [6.45, 7) is 14.9. The summed E-state index contributed by atoms with van der Waals surface area (Å²) in [5, 5.41) is 0. The molecular formula is C12H24NO. The minimum Gasteiger partial charge on any atom is -0.289 e. The molecular weight excluding hydrogens is 174 g/mol. The van der Waals surface area contributed by atoms with Gasteiger partial charge in [0.25, 0.3) is 0 Å². The van der Waals surface area contributed by atoms with Crippen LogP contribution in [0.25, 0.3) is 0 Å². The Labute approximate surface area is 88.7 Å². The van der Waals surface area contributed by atoms with E-state index in [0.29, 0.717) is 0 Å². The van der Waals surface area contributed by atoms with Crippen molar-refractivity contribution in [2.45, 2.75) is 72.0 Å². The molecule has 0 aromatic heterocycles. The van der Waals surface area contributed by atoms with Gasteiger partial charge in [-0.1, -0.05) is 6.92 Å². The average Bonchev–Trinajstić information content (AvgIpc) is 1.94. The lowest BCUT2D eigenvalue weighted by molar-refractivity contribution is 0.0166. The van der Waals surface area contributed by atoms with Gasteiger partial charge in [0.15, 0.2) is 0 Å². The molecule has 0 saturated carbocycles. The van der Waals surface area contributed by atoms with Gasteiger partial charge in [0.2, 0.25) is 6.29 Å². The summed E-state index contributed by atoms with van der Waals surface area (Å²) in [7, 11) is 0. The second-order valence-corrected chi connectivity index (χ2v) is 5.75. The fraction of sp³-hybridized carbons (Fsp3) is 0.917. The molecule has 0 aliphatic rings. The first kappa shape index (κ1) is 13.6. The number of hydrogen-bond donors (Lipinski definition) is 0. The molecule has 1 unspecified atom stereocenters. The van der Waals surface area contributed by atoms with E-state index in [9.17, 15) is 4.79 Å². The monoisotopic (exact) mass is 198 g/mol. The van der Waals surface area contributed by atoms with E-state index in [4.69, 9.17) is 0 Å². The van der Waals surface area contributed by atoms with Crippen molar-refractivity contribution in [1.29, 1.82) is 0 Å². The highest BCUT2D eigenvalue weighted by atomic mass is 16.1. The van der Waals surface area contributed by atoms with Crippen molar-refractivity contribution in [1.82, 2.24) is 4.90 Å². The van der Waals surface area contributed by atoms with Crippen LogP contribution in [-0.2, 0) is 4.79 Å². The maximum atomic E-state index is 10.9. The van der Waals surface area contributed by atoms with E-state index in [1.807, 2.05) is 6.92 Å². The summed E-state index contributed by atoms with van der Waals surface area (Å²) in [5.74, 6) is 0. The zero-order valence-corrected chi connectivity index (χ0v) is 10.6. The predicted octanol–water partition coefficient (Wildman–Crippen LogP) is 2.77. The molecule has 0 spiro atoms. The standard InChI is InChI=1S/C12H24NO/c1-8-10(9-14)13(11(2,3)4)12(5,6)7/h10H,8H2,1-7H3. The van der Waals surface area contributed by atoms with Crippen molar-refractivity contribution in [2.75, 3.05) is 0 Å². The third-order valence-corrected chi connectivity index (χ3v) is 2.28. The molecule has 0 fully saturated rings. The molecule has 0 saturated heterocycles. The van der Waals surface area contributed by atoms with Gasteiger partial charge >= 0.3 is 0 Å². The number of carbonyl (C=O) groups excluding carboxylic acids is 1. The lowest BCUT2D eigenvalue weighted by atomic mass is 9.92. The van der Waals surface area contributed by atoms with Crippen LogP contribution in [-0.4, -0.2) is 28.3 Å². The van der Waals surface area contributed by atoms with Crippen molar-refractivity contribution in [3.8, 4) is 0 Å². The molecule has 0 aromatic rings. The Hall–Kier alpha value is -0.370. The van der Waals surface area contributed by atoms with E-state index in [1.165, 1.54) is 0 Å². The van der Waals surface area contributed by atoms with E-state index in [-0.39, 0.29) is 17.1 Å². The largest absolute Gasteiger partial charge is 0.289 e. The van der Waals surface area contributed by atoms with Crippen LogP contribution in [0.5, 0.6) is 0 Å². The summed E-state index contributed by atoms with van der Waals surface area (Å²) in [5.41, 5.74) is -0.00727. The van der Waals surface area contributed by atoms with Crippen LogP contribution >= 0.6 is 0 Å². The Morgan fingerprint density at radius 3 is 1.50 bits per heavy atom. The van der Waals surface area contributed by atoms with Crippen molar-refractivity contribution in [3.63, 3.8) is 0 Å². The first-order valence-electron chi connectivity index (χ1n) is 5.31. The molecule has 2 nitrogen and oxygen atoms in total. The van der Waals surface area contributed by atoms with Gasteiger partial charge in [0.05, 0.1) is 6.04 Å². The van der Waals surface area contributed by atoms with Crippen LogP contribution in [0.4, 0.5) is 0 Å². The lowest BCUT2D eigenvalue weighted by Gasteiger charge is -2.48. The van der Waals surface area contributed by atoms with E-state index >= 15 is 0 Å². The summed E-state index contributed by atoms with van der Waals surface area (Å²) >= 11 is 0. The highest BCUT2D eigenvalue weighted by Gasteiger charge is 2.36. The van der Waals surface area contributed by atoms with Gasteiger partial charge in [-0.15, -0.1) is 0 Å². The van der Waals surface area contributed by atoms with Crippen molar-refractivity contribution < 1.29 is 4.79 Å². The zero-order chi connectivity index (χ0) is 11.6. The molecule has 0 aliphatic heterocycles. The molecule has 0 heterocycles. The second kappa shape index (κ2) is 4.43. The van der Waals surface area contributed by atoms with Crippen LogP contribution < -0.4 is 0 Å². The Kier molecular flexibility index (Phi) is 4.32. The summed E-state index contributed by atoms with van der Waals surface area (Å²) < 4.78 is 0. The fourth-order valence-electron chi connectivity index (χ4n) is 2.26. The Morgan fingerprint density at radius 1 is 1.07 bits per heavy atom. The smallest absolute Gasteiger partial charge is 0.217 e. The van der Waals surface area contributed by atoms with E-state index in [2.05, 4.69) is 52.7 Å². The minimum atomic E-state index is -0.102. The third kappa shape index (κ3) is 3.41. The molecule has 2 heteroatoms. The van der Waals surface area contributed by atoms with Crippen molar-refractivity contribution >= 4 is 6.29 Å². The topological polar surface area (TPSA) is 20.3 Å². The molecule has 0 aliphatic carbocycles. The third-order valence-electron chi connectivity index (χ3n) is 2.28. The molecule has 0 bridgehead atoms. The van der Waals surface area contributed by atoms with Gasteiger partial charge < -0.3 is 0 Å². The Bertz CT molecular complexity index is 171. The van der Waals surface area contributed by atoms with Crippen molar-refractivity contribution in [2.24, 2.45) is 0 Å². The molecule has 0 N–H and O–H groups in total. The summed E-state index contributed by atoms with van der Waals surface area (Å²) in [6.07, 6.45) is 2.96. The van der Waals surface area contributed by atoms with Crippen LogP contribution in [0.15, 0.2) is 0 Å². The van der Waals surface area contributed by atoms with E-state index < -0.39 is 0 Å². The lowest BCUT2D eigenvalue weighted by Crippen LogP contribution is -2.57. The van der Waals surface area contributed by atoms with Gasteiger partial charge in [-0.25, -0.2) is 0 Å². The second-order valence-electron chi connectivity index (χ2n) is 5.75. The molecule has 0 aromatic carbocycles. The van der Waals surface area contributed by atoms with Crippen LogP contribution in [0.2, 0.25) is 0 Å². The molecule has 0 amide bonds. The fourth-order valence-corrected chi connectivity index (χ4v) is 2.26. The maximum absolute atomic E-state index is 10.9. The van der Waals surface area contributed by atoms with Crippen LogP contribution in [0.1, 0.15) is 54.9 Å². The number of hydrogen-bond acceptors (Lipinski definition) is 2. The average molecular weight is 198 g/mol. The molecule has 1 atom stereocenters. The Balaban J connectivity index is 5.00. The first-order chi connectivity index (χ1) is 6.14. The van der Waals surface area contributed by atoms with Crippen LogP contribution in [0.3, 0.4) is 0 Å². The van der Waals surface area contributed by atoms with E-state index in [0.717, 1.165) is 6.42 Å². The van der Waals surface area contributed by atoms with Gasteiger partial charge in [0, 0.05) is 11.1 Å². The maximum Gasteiger partial charge on any atom is 0.217 e. The normalized spacial score (nSPS) is 15.7. The van der Waals surface area contributed by atoms with Gasteiger partial charge in [0.1, 0.15) is 0 Å².